The number of rotatable bonds is 2. The summed E-state index contributed by atoms with van der Waals surface area (Å²) in [6, 6.07) is 1.93. The molecule has 0 radical (unpaired) electrons. The zero-order valence-corrected chi connectivity index (χ0v) is 10.4. The topological polar surface area (TPSA) is 38.9 Å². The van der Waals surface area contributed by atoms with Crippen LogP contribution >= 0.6 is 38.9 Å². The summed E-state index contributed by atoms with van der Waals surface area (Å²) < 4.78 is 6.10. The van der Waals surface area contributed by atoms with Crippen molar-refractivity contribution < 1.29 is 4.52 Å². The molecule has 1 atom stereocenters. The Morgan fingerprint density at radius 3 is 2.93 bits per heavy atom. The van der Waals surface area contributed by atoms with Crippen molar-refractivity contribution in [3.63, 3.8) is 0 Å². The molecule has 0 saturated heterocycles. The summed E-state index contributed by atoms with van der Waals surface area (Å²) in [5.74, 6) is 1.03. The van der Waals surface area contributed by atoms with Crippen molar-refractivity contribution in [2.75, 3.05) is 0 Å². The molecule has 0 aliphatic rings. The van der Waals surface area contributed by atoms with Gasteiger partial charge in [0, 0.05) is 5.38 Å². The average molecular weight is 294 g/mol. The molecule has 0 amide bonds. The van der Waals surface area contributed by atoms with E-state index in [2.05, 4.69) is 26.1 Å². The normalized spacial score (nSPS) is 13.1. The molecular formula is C8H6BrClN2OS. The molecule has 0 saturated carbocycles. The molecule has 3 nitrogen and oxygen atoms in total. The Bertz CT molecular complexity index is 440. The number of hydrogen-bond donors (Lipinski definition) is 0. The van der Waals surface area contributed by atoms with Gasteiger partial charge in [-0.1, -0.05) is 5.16 Å². The highest BCUT2D eigenvalue weighted by Gasteiger charge is 2.13. The highest BCUT2D eigenvalue weighted by molar-refractivity contribution is 9.11. The van der Waals surface area contributed by atoms with E-state index in [0.717, 1.165) is 9.35 Å². The summed E-state index contributed by atoms with van der Waals surface area (Å²) in [7, 11) is 0. The van der Waals surface area contributed by atoms with Gasteiger partial charge in [-0.25, -0.2) is 0 Å². The fraction of sp³-hybridized carbons (Fsp3) is 0.250. The largest absolute Gasteiger partial charge is 0.334 e. The fourth-order valence-corrected chi connectivity index (χ4v) is 2.15. The van der Waals surface area contributed by atoms with Crippen LogP contribution in [0.2, 0.25) is 0 Å². The van der Waals surface area contributed by atoms with Crippen LogP contribution in [-0.4, -0.2) is 10.1 Å². The van der Waals surface area contributed by atoms with Crippen LogP contribution in [0.5, 0.6) is 0 Å². The Morgan fingerprint density at radius 1 is 1.64 bits per heavy atom. The van der Waals surface area contributed by atoms with Crippen molar-refractivity contribution >= 4 is 38.9 Å². The maximum Gasteiger partial charge on any atom is 0.258 e. The van der Waals surface area contributed by atoms with Crippen LogP contribution in [0.4, 0.5) is 0 Å². The van der Waals surface area contributed by atoms with E-state index in [0.29, 0.717) is 11.7 Å². The van der Waals surface area contributed by atoms with Crippen LogP contribution < -0.4 is 0 Å². The number of aromatic nitrogens is 2. The summed E-state index contributed by atoms with van der Waals surface area (Å²) >= 11 is 10.8. The van der Waals surface area contributed by atoms with Crippen molar-refractivity contribution in [2.45, 2.75) is 12.3 Å². The number of hydrogen-bond acceptors (Lipinski definition) is 4. The molecule has 14 heavy (non-hydrogen) atoms. The summed E-state index contributed by atoms with van der Waals surface area (Å²) in [4.78, 5) is 4.17. The second-order valence-electron chi connectivity index (χ2n) is 2.71. The van der Waals surface area contributed by atoms with Crippen LogP contribution in [0.3, 0.4) is 0 Å². The molecule has 6 heteroatoms. The third-order valence-electron chi connectivity index (χ3n) is 1.61. The molecule has 2 rings (SSSR count). The van der Waals surface area contributed by atoms with Gasteiger partial charge >= 0.3 is 0 Å². The minimum absolute atomic E-state index is 0.227. The minimum Gasteiger partial charge on any atom is -0.334 e. The highest BCUT2D eigenvalue weighted by atomic mass is 79.9. The van der Waals surface area contributed by atoms with Crippen molar-refractivity contribution in [3.8, 4) is 11.5 Å². The molecule has 74 valence electrons. The van der Waals surface area contributed by atoms with Gasteiger partial charge in [0.05, 0.1) is 14.7 Å². The zero-order valence-electron chi connectivity index (χ0n) is 7.20. The highest BCUT2D eigenvalue weighted by Crippen LogP contribution is 2.28. The van der Waals surface area contributed by atoms with E-state index in [1.54, 1.807) is 18.3 Å². The van der Waals surface area contributed by atoms with Crippen LogP contribution in [0.15, 0.2) is 19.8 Å². The maximum atomic E-state index is 5.82. The lowest BCUT2D eigenvalue weighted by Crippen LogP contribution is -1.86. The standard InChI is InChI=1S/C8H6BrClN2OS/c1-4(10)7-11-8(13-12-7)5-2-6(9)14-3-5/h2-4H,1H3. The predicted octanol–water partition coefficient (Wildman–Crippen LogP) is 3.86. The second-order valence-corrected chi connectivity index (χ2v) is 5.66. The third kappa shape index (κ3) is 1.99. The summed E-state index contributed by atoms with van der Waals surface area (Å²) in [6.07, 6.45) is 0. The first-order valence-corrected chi connectivity index (χ1v) is 6.00. The lowest BCUT2D eigenvalue weighted by molar-refractivity contribution is 0.422. The Labute approximate surface area is 98.2 Å². The first-order chi connectivity index (χ1) is 6.66. The molecule has 0 aromatic carbocycles. The average Bonchev–Trinajstić information content (AvgIpc) is 2.70. The molecule has 0 aliphatic heterocycles. The van der Waals surface area contributed by atoms with Crippen molar-refractivity contribution in [1.29, 1.82) is 0 Å². The van der Waals surface area contributed by atoms with Gasteiger partial charge in [0.15, 0.2) is 5.82 Å². The second kappa shape index (κ2) is 4.00. The van der Waals surface area contributed by atoms with E-state index in [4.69, 9.17) is 16.1 Å². The van der Waals surface area contributed by atoms with Crippen molar-refractivity contribution in [1.82, 2.24) is 10.1 Å². The molecule has 0 N–H and O–H groups in total. The molecule has 0 bridgehead atoms. The van der Waals surface area contributed by atoms with E-state index in [-0.39, 0.29) is 5.38 Å². The first-order valence-electron chi connectivity index (χ1n) is 3.89. The number of nitrogens with zero attached hydrogens (tertiary/aromatic N) is 2. The number of thiophene rings is 1. The van der Waals surface area contributed by atoms with Gasteiger partial charge in [-0.2, -0.15) is 4.98 Å². The zero-order chi connectivity index (χ0) is 10.1. The van der Waals surface area contributed by atoms with Crippen LogP contribution in [0, 0.1) is 0 Å². The Balaban J connectivity index is 2.33. The molecular weight excluding hydrogens is 288 g/mol. The van der Waals surface area contributed by atoms with Gasteiger partial charge in [-0.05, 0) is 28.9 Å². The molecule has 0 aliphatic carbocycles. The number of alkyl halides is 1. The van der Waals surface area contributed by atoms with Crippen molar-refractivity contribution in [3.05, 3.63) is 21.1 Å². The fourth-order valence-electron chi connectivity index (χ4n) is 0.936. The van der Waals surface area contributed by atoms with E-state index in [9.17, 15) is 0 Å². The van der Waals surface area contributed by atoms with Gasteiger partial charge in [0.1, 0.15) is 0 Å². The van der Waals surface area contributed by atoms with Gasteiger partial charge in [0.25, 0.3) is 5.89 Å². The smallest absolute Gasteiger partial charge is 0.258 e. The van der Waals surface area contributed by atoms with Gasteiger partial charge in [0.2, 0.25) is 0 Å². The van der Waals surface area contributed by atoms with Crippen LogP contribution in [0.1, 0.15) is 18.1 Å². The maximum absolute atomic E-state index is 5.82. The Hall–Kier alpha value is -0.390. The molecule has 2 aromatic rings. The van der Waals surface area contributed by atoms with Crippen LogP contribution in [-0.2, 0) is 0 Å². The minimum atomic E-state index is -0.227. The van der Waals surface area contributed by atoms with Gasteiger partial charge in [-0.3, -0.25) is 0 Å². The summed E-state index contributed by atoms with van der Waals surface area (Å²) in [5, 5.41) is 5.49. The SMILES string of the molecule is CC(Cl)c1noc(-c2csc(Br)c2)n1. The third-order valence-corrected chi connectivity index (χ3v) is 3.31. The predicted molar refractivity (Wildman–Crippen MR) is 59.6 cm³/mol. The lowest BCUT2D eigenvalue weighted by Gasteiger charge is -1.89. The first kappa shape index (κ1) is 10.1. The van der Waals surface area contributed by atoms with Crippen LogP contribution in [0.25, 0.3) is 11.5 Å². The molecule has 0 spiro atoms. The van der Waals surface area contributed by atoms with Crippen molar-refractivity contribution in [2.24, 2.45) is 0 Å². The Kier molecular flexibility index (Phi) is 2.90. The number of halogens is 2. The van der Waals surface area contributed by atoms with E-state index in [1.165, 1.54) is 0 Å². The lowest BCUT2D eigenvalue weighted by atomic mass is 10.3. The molecule has 1 unspecified atom stereocenters. The molecule has 2 heterocycles. The molecule has 2 aromatic heterocycles. The monoisotopic (exact) mass is 292 g/mol. The van der Waals surface area contributed by atoms with E-state index >= 15 is 0 Å². The molecule has 0 fully saturated rings. The Morgan fingerprint density at radius 2 is 2.43 bits per heavy atom. The summed E-state index contributed by atoms with van der Waals surface area (Å²) in [6.45, 7) is 1.81. The van der Waals surface area contributed by atoms with E-state index < -0.39 is 0 Å². The quantitative estimate of drug-likeness (QED) is 0.789. The van der Waals surface area contributed by atoms with Gasteiger partial charge < -0.3 is 4.52 Å². The van der Waals surface area contributed by atoms with E-state index in [1.807, 2.05) is 11.4 Å². The van der Waals surface area contributed by atoms with Gasteiger partial charge in [-0.15, -0.1) is 22.9 Å². The summed E-state index contributed by atoms with van der Waals surface area (Å²) in [5.41, 5.74) is 0.915.